The van der Waals surface area contributed by atoms with E-state index in [2.05, 4.69) is 4.98 Å². The molecule has 3 rings (SSSR count). The van der Waals surface area contributed by atoms with Gasteiger partial charge in [-0.05, 0) is 6.07 Å². The minimum Gasteiger partial charge on any atom is -0.425 e. The Labute approximate surface area is 105 Å². The van der Waals surface area contributed by atoms with Crippen LogP contribution in [0.1, 0.15) is 5.56 Å². The maximum absolute atomic E-state index is 11.4. The fourth-order valence-corrected chi connectivity index (χ4v) is 2.12. The van der Waals surface area contributed by atoms with Gasteiger partial charge in [0, 0.05) is 10.8 Å². The van der Waals surface area contributed by atoms with Gasteiger partial charge in [-0.1, -0.05) is 24.3 Å². The zero-order chi connectivity index (χ0) is 13.6. The minimum absolute atomic E-state index is 0.0971. The van der Waals surface area contributed by atoms with Crippen molar-refractivity contribution in [2.24, 2.45) is 0 Å². The number of nitriles is 1. The average molecular weight is 253 g/mol. The lowest BCUT2D eigenvalue weighted by Gasteiger charge is -2.07. The Balaban J connectivity index is 2.74. The first kappa shape index (κ1) is 11.0. The Bertz CT molecular complexity index is 976. The fraction of sp³-hybridized carbons (Fsp3) is 0. The van der Waals surface area contributed by atoms with Gasteiger partial charge in [0.1, 0.15) is 5.52 Å². The van der Waals surface area contributed by atoms with E-state index in [1.807, 2.05) is 6.07 Å². The molecule has 0 unspecified atom stereocenters. The number of rotatable bonds is 0. The number of aromatic amines is 1. The van der Waals surface area contributed by atoms with E-state index in [1.54, 1.807) is 24.3 Å². The molecule has 19 heavy (non-hydrogen) atoms. The summed E-state index contributed by atoms with van der Waals surface area (Å²) in [5.74, 6) is 0. The van der Waals surface area contributed by atoms with Crippen LogP contribution in [0.25, 0.3) is 21.8 Å². The number of fused-ring (bicyclic) bond motifs is 3. The van der Waals surface area contributed by atoms with Crippen LogP contribution < -0.4 is 11.1 Å². The second kappa shape index (κ2) is 3.71. The van der Waals surface area contributed by atoms with Crippen molar-refractivity contribution in [3.63, 3.8) is 0 Å². The first-order chi connectivity index (χ1) is 9.13. The van der Waals surface area contributed by atoms with Crippen molar-refractivity contribution in [2.75, 3.05) is 0 Å². The molecule has 0 saturated heterocycles. The van der Waals surface area contributed by atoms with Crippen LogP contribution in [-0.2, 0) is 0 Å². The Morgan fingerprint density at radius 1 is 1.21 bits per heavy atom. The zero-order valence-electron chi connectivity index (χ0n) is 9.54. The summed E-state index contributed by atoms with van der Waals surface area (Å²) in [7, 11) is 0. The predicted molar refractivity (Wildman–Crippen MR) is 68.2 cm³/mol. The van der Waals surface area contributed by atoms with Gasteiger partial charge in [-0.15, -0.1) is 4.73 Å². The lowest BCUT2D eigenvalue weighted by Crippen LogP contribution is -2.35. The topological polar surface area (TPSA) is 98.9 Å². The maximum Gasteiger partial charge on any atom is 0.348 e. The van der Waals surface area contributed by atoms with Crippen LogP contribution in [-0.4, -0.2) is 14.9 Å². The number of aromatic nitrogens is 2. The Morgan fingerprint density at radius 2 is 1.89 bits per heavy atom. The number of hydrogen-bond acceptors (Lipinski definition) is 4. The van der Waals surface area contributed by atoms with Crippen LogP contribution in [0.15, 0.2) is 39.9 Å². The Morgan fingerprint density at radius 3 is 2.58 bits per heavy atom. The summed E-state index contributed by atoms with van der Waals surface area (Å²) in [6.07, 6.45) is 0. The molecule has 3 aromatic rings. The van der Waals surface area contributed by atoms with E-state index < -0.39 is 11.1 Å². The van der Waals surface area contributed by atoms with Gasteiger partial charge in [-0.25, -0.2) is 0 Å². The lowest BCUT2D eigenvalue weighted by molar-refractivity contribution is 0.187. The third-order valence-corrected chi connectivity index (χ3v) is 3.00. The molecule has 0 amide bonds. The molecule has 0 aliphatic rings. The zero-order valence-corrected chi connectivity index (χ0v) is 9.54. The number of hydrogen-bond donors (Lipinski definition) is 2. The summed E-state index contributed by atoms with van der Waals surface area (Å²) in [6, 6.07) is 10.3. The van der Waals surface area contributed by atoms with E-state index >= 15 is 0 Å². The van der Waals surface area contributed by atoms with Crippen molar-refractivity contribution in [3.05, 3.63) is 56.6 Å². The summed E-state index contributed by atoms with van der Waals surface area (Å²) in [6.45, 7) is 0. The third kappa shape index (κ3) is 1.42. The van der Waals surface area contributed by atoms with Gasteiger partial charge in [0.25, 0.3) is 0 Å². The minimum atomic E-state index is -1.08. The number of benzene rings is 2. The predicted octanol–water partition coefficient (Wildman–Crippen LogP) is 0.952. The van der Waals surface area contributed by atoms with Crippen LogP contribution in [0, 0.1) is 11.3 Å². The number of H-pyrrole nitrogens is 1. The van der Waals surface area contributed by atoms with Gasteiger partial charge in [-0.3, -0.25) is 9.59 Å². The van der Waals surface area contributed by atoms with E-state index in [0.717, 1.165) is 0 Å². The number of nitrogens with zero attached hydrogens (tertiary/aromatic N) is 2. The molecule has 0 radical (unpaired) electrons. The van der Waals surface area contributed by atoms with Gasteiger partial charge in [0.2, 0.25) is 0 Å². The second-order valence-electron chi connectivity index (χ2n) is 4.05. The van der Waals surface area contributed by atoms with Crippen molar-refractivity contribution in [3.8, 4) is 6.07 Å². The van der Waals surface area contributed by atoms with Gasteiger partial charge in [0.15, 0.2) is 0 Å². The molecule has 6 nitrogen and oxygen atoms in total. The second-order valence-corrected chi connectivity index (χ2v) is 4.05. The third-order valence-electron chi connectivity index (χ3n) is 3.00. The smallest absolute Gasteiger partial charge is 0.348 e. The van der Waals surface area contributed by atoms with E-state index in [4.69, 9.17) is 5.26 Å². The summed E-state index contributed by atoms with van der Waals surface area (Å²) in [4.78, 5) is 25.3. The van der Waals surface area contributed by atoms with Crippen molar-refractivity contribution < 1.29 is 5.21 Å². The highest BCUT2D eigenvalue weighted by molar-refractivity contribution is 6.06. The fourth-order valence-electron chi connectivity index (χ4n) is 2.12. The van der Waals surface area contributed by atoms with Crippen LogP contribution in [0.2, 0.25) is 0 Å². The average Bonchev–Trinajstić information content (AvgIpc) is 2.44. The summed E-state index contributed by atoms with van der Waals surface area (Å²) in [5.41, 5.74) is -1.25. The molecule has 0 atom stereocenters. The van der Waals surface area contributed by atoms with E-state index in [9.17, 15) is 14.8 Å². The van der Waals surface area contributed by atoms with Crippen molar-refractivity contribution in [1.29, 1.82) is 5.26 Å². The van der Waals surface area contributed by atoms with E-state index in [1.165, 1.54) is 6.07 Å². The normalized spacial score (nSPS) is 10.7. The highest BCUT2D eigenvalue weighted by Gasteiger charge is 2.12. The first-order valence-corrected chi connectivity index (χ1v) is 5.43. The van der Waals surface area contributed by atoms with E-state index in [0.29, 0.717) is 21.9 Å². The first-order valence-electron chi connectivity index (χ1n) is 5.43. The molecule has 6 heteroatoms. The molecule has 0 bridgehead atoms. The van der Waals surface area contributed by atoms with Gasteiger partial charge >= 0.3 is 11.1 Å². The van der Waals surface area contributed by atoms with Crippen LogP contribution in [0.5, 0.6) is 0 Å². The standard InChI is InChI=1S/C13H7N3O3/c14-6-7-5-10-11(9-4-2-1-3-8(7)9)15-12(17)13(18)16(10)19/h1-5,19H,(H,15,17). The molecule has 0 fully saturated rings. The van der Waals surface area contributed by atoms with Crippen LogP contribution in [0.4, 0.5) is 0 Å². The number of nitrogens with one attached hydrogen (secondary N) is 1. The molecule has 0 aliphatic carbocycles. The highest BCUT2D eigenvalue weighted by Crippen LogP contribution is 2.25. The van der Waals surface area contributed by atoms with Gasteiger partial charge < -0.3 is 10.2 Å². The highest BCUT2D eigenvalue weighted by atomic mass is 16.5. The molecule has 0 aliphatic heterocycles. The van der Waals surface area contributed by atoms with Crippen LogP contribution in [0.3, 0.4) is 0 Å². The molecular weight excluding hydrogens is 246 g/mol. The Kier molecular flexibility index (Phi) is 2.16. The maximum atomic E-state index is 11.4. The molecule has 2 N–H and O–H groups in total. The molecule has 1 aromatic heterocycles. The lowest BCUT2D eigenvalue weighted by atomic mass is 10.0. The summed E-state index contributed by atoms with van der Waals surface area (Å²) < 4.78 is 0.265. The molecule has 0 saturated carbocycles. The van der Waals surface area contributed by atoms with Crippen molar-refractivity contribution >= 4 is 21.8 Å². The van der Waals surface area contributed by atoms with Gasteiger partial charge in [-0.2, -0.15) is 5.26 Å². The quantitative estimate of drug-likeness (QED) is 0.354. The van der Waals surface area contributed by atoms with Crippen LogP contribution >= 0.6 is 0 Å². The molecular formula is C13H7N3O3. The molecule has 1 heterocycles. The summed E-state index contributed by atoms with van der Waals surface area (Å²) in [5, 5.41) is 20.1. The molecule has 0 spiro atoms. The largest absolute Gasteiger partial charge is 0.425 e. The SMILES string of the molecule is N#Cc1cc2c([nH]c(=O)c(=O)n2O)c2ccccc12. The Hall–Kier alpha value is -3.07. The molecule has 2 aromatic carbocycles. The van der Waals surface area contributed by atoms with Gasteiger partial charge in [0.05, 0.1) is 17.1 Å². The van der Waals surface area contributed by atoms with E-state index in [-0.39, 0.29) is 10.2 Å². The molecule has 92 valence electrons. The monoisotopic (exact) mass is 253 g/mol. The van der Waals surface area contributed by atoms with Crippen molar-refractivity contribution in [1.82, 2.24) is 9.71 Å². The summed E-state index contributed by atoms with van der Waals surface area (Å²) >= 11 is 0. The van der Waals surface area contributed by atoms with Crippen molar-refractivity contribution in [2.45, 2.75) is 0 Å².